The second kappa shape index (κ2) is 10.5. The largest absolute Gasteiger partial charge is 0.490 e. The number of rotatable bonds is 9. The minimum absolute atomic E-state index is 0.0321. The summed E-state index contributed by atoms with van der Waals surface area (Å²) in [5.41, 5.74) is 0.982. The first-order chi connectivity index (χ1) is 15.3. The maximum atomic E-state index is 14.1. The van der Waals surface area contributed by atoms with E-state index in [0.717, 1.165) is 10.6 Å². The molecule has 6 nitrogen and oxygen atoms in total. The highest BCUT2D eigenvalue weighted by atomic mass is 35.5. The van der Waals surface area contributed by atoms with Crippen LogP contribution in [0.25, 0.3) is 0 Å². The molecule has 0 unspecified atom stereocenters. The van der Waals surface area contributed by atoms with Crippen molar-refractivity contribution in [2.24, 2.45) is 0 Å². The van der Waals surface area contributed by atoms with E-state index in [2.05, 4.69) is 5.32 Å². The first-order valence-electron chi connectivity index (χ1n) is 9.72. The van der Waals surface area contributed by atoms with Crippen LogP contribution in [0.5, 0.6) is 5.75 Å². The number of benzene rings is 3. The van der Waals surface area contributed by atoms with E-state index < -0.39 is 15.8 Å². The van der Waals surface area contributed by atoms with E-state index in [1.807, 2.05) is 0 Å². The second-order valence-corrected chi connectivity index (χ2v) is 9.27. The molecule has 168 valence electrons. The molecule has 0 spiro atoms. The summed E-state index contributed by atoms with van der Waals surface area (Å²) in [5.74, 6) is -0.389. The zero-order chi connectivity index (χ0) is 23.1. The van der Waals surface area contributed by atoms with Crippen LogP contribution < -0.4 is 14.4 Å². The van der Waals surface area contributed by atoms with Crippen LogP contribution in [-0.2, 0) is 16.6 Å². The number of carbonyl (C=O) groups is 1. The van der Waals surface area contributed by atoms with Gasteiger partial charge in [0.15, 0.2) is 0 Å². The molecule has 0 saturated carbocycles. The summed E-state index contributed by atoms with van der Waals surface area (Å²) in [6.45, 7) is 0.466. The van der Waals surface area contributed by atoms with Crippen LogP contribution >= 0.6 is 11.6 Å². The lowest BCUT2D eigenvalue weighted by atomic mass is 10.1. The number of sulfonamides is 1. The Labute approximate surface area is 191 Å². The lowest BCUT2D eigenvalue weighted by molar-refractivity contribution is 0.0947. The molecule has 0 heterocycles. The van der Waals surface area contributed by atoms with Gasteiger partial charge in [-0.2, -0.15) is 0 Å². The van der Waals surface area contributed by atoms with Gasteiger partial charge in [-0.3, -0.25) is 9.10 Å². The SMILES string of the molecule is CS(=O)(=O)N(Cc1ccc(C(=O)NCCOc2ccccc2Cl)cc1)c1ccccc1F. The molecular formula is C23H22ClFN2O4S. The molecular weight excluding hydrogens is 455 g/mol. The van der Waals surface area contributed by atoms with Gasteiger partial charge in [-0.15, -0.1) is 0 Å². The smallest absolute Gasteiger partial charge is 0.251 e. The van der Waals surface area contributed by atoms with Crippen molar-refractivity contribution in [1.29, 1.82) is 0 Å². The van der Waals surface area contributed by atoms with Gasteiger partial charge in [0.05, 0.1) is 30.1 Å². The number of anilines is 1. The van der Waals surface area contributed by atoms with Gasteiger partial charge >= 0.3 is 0 Å². The Morgan fingerprint density at radius 1 is 1.03 bits per heavy atom. The molecule has 0 aliphatic rings. The number of para-hydroxylation sites is 2. The molecule has 3 rings (SSSR count). The topological polar surface area (TPSA) is 75.7 Å². The third-order valence-electron chi connectivity index (χ3n) is 4.55. The minimum Gasteiger partial charge on any atom is -0.490 e. The summed E-state index contributed by atoms with van der Waals surface area (Å²) in [6.07, 6.45) is 1.02. The Morgan fingerprint density at radius 3 is 2.34 bits per heavy atom. The fourth-order valence-electron chi connectivity index (χ4n) is 2.95. The summed E-state index contributed by atoms with van der Waals surface area (Å²) in [7, 11) is -3.72. The third kappa shape index (κ3) is 6.21. The van der Waals surface area contributed by atoms with Gasteiger partial charge < -0.3 is 10.1 Å². The number of nitrogens with one attached hydrogen (secondary N) is 1. The second-order valence-electron chi connectivity index (χ2n) is 6.95. The molecule has 9 heteroatoms. The molecule has 1 N–H and O–H groups in total. The van der Waals surface area contributed by atoms with E-state index in [-0.39, 0.29) is 31.3 Å². The molecule has 3 aromatic carbocycles. The molecule has 0 bridgehead atoms. The fourth-order valence-corrected chi connectivity index (χ4v) is 4.03. The van der Waals surface area contributed by atoms with Crippen molar-refractivity contribution in [3.05, 3.63) is 94.8 Å². The molecule has 0 fully saturated rings. The predicted molar refractivity (Wildman–Crippen MR) is 123 cm³/mol. The van der Waals surface area contributed by atoms with E-state index in [1.165, 1.54) is 18.2 Å². The maximum absolute atomic E-state index is 14.1. The number of halogens is 2. The summed E-state index contributed by atoms with van der Waals surface area (Å²) in [4.78, 5) is 12.3. The monoisotopic (exact) mass is 476 g/mol. The average molecular weight is 477 g/mol. The maximum Gasteiger partial charge on any atom is 0.251 e. The van der Waals surface area contributed by atoms with Crippen molar-refractivity contribution in [3.8, 4) is 5.75 Å². The van der Waals surface area contributed by atoms with Crippen LogP contribution in [0.1, 0.15) is 15.9 Å². The average Bonchev–Trinajstić information content (AvgIpc) is 2.76. The van der Waals surface area contributed by atoms with Crippen LogP contribution in [0.4, 0.5) is 10.1 Å². The summed E-state index contributed by atoms with van der Waals surface area (Å²) >= 11 is 6.01. The first kappa shape index (κ1) is 23.6. The first-order valence-corrected chi connectivity index (χ1v) is 11.9. The molecule has 0 aromatic heterocycles. The zero-order valence-electron chi connectivity index (χ0n) is 17.3. The Bertz CT molecular complexity index is 1190. The van der Waals surface area contributed by atoms with Gasteiger partial charge in [0.1, 0.15) is 18.2 Å². The molecule has 3 aromatic rings. The van der Waals surface area contributed by atoms with Crippen LogP contribution in [0.2, 0.25) is 5.02 Å². The van der Waals surface area contributed by atoms with Gasteiger partial charge in [-0.05, 0) is 42.0 Å². The minimum atomic E-state index is -3.72. The van der Waals surface area contributed by atoms with E-state index in [1.54, 1.807) is 54.6 Å². The molecule has 0 aliphatic heterocycles. The standard InChI is InChI=1S/C23H22ClFN2O4S/c1-32(29,30)27(21-8-4-3-7-20(21)25)16-17-10-12-18(13-11-17)23(28)26-14-15-31-22-9-5-2-6-19(22)24/h2-13H,14-16H2,1H3,(H,26,28). The van der Waals surface area contributed by atoms with Crippen molar-refractivity contribution in [2.75, 3.05) is 23.7 Å². The van der Waals surface area contributed by atoms with Crippen molar-refractivity contribution in [2.45, 2.75) is 6.54 Å². The normalized spacial score (nSPS) is 11.1. The molecule has 1 amide bonds. The number of nitrogens with zero attached hydrogens (tertiary/aromatic N) is 1. The lowest BCUT2D eigenvalue weighted by Crippen LogP contribution is -2.30. The third-order valence-corrected chi connectivity index (χ3v) is 5.98. The number of ether oxygens (including phenoxy) is 1. The summed E-state index contributed by atoms with van der Waals surface area (Å²) in [5, 5.41) is 3.24. The van der Waals surface area contributed by atoms with Crippen molar-refractivity contribution in [1.82, 2.24) is 5.32 Å². The highest BCUT2D eigenvalue weighted by molar-refractivity contribution is 7.92. The predicted octanol–water partition coefficient (Wildman–Crippen LogP) is 4.25. The van der Waals surface area contributed by atoms with Crippen LogP contribution in [0, 0.1) is 5.82 Å². The summed E-state index contributed by atoms with van der Waals surface area (Å²) in [6, 6.07) is 19.2. The van der Waals surface area contributed by atoms with Gasteiger partial charge in [0.2, 0.25) is 10.0 Å². The van der Waals surface area contributed by atoms with E-state index in [4.69, 9.17) is 16.3 Å². The Morgan fingerprint density at radius 2 is 1.69 bits per heavy atom. The van der Waals surface area contributed by atoms with Crippen LogP contribution in [0.3, 0.4) is 0 Å². The quantitative estimate of drug-likeness (QED) is 0.468. The lowest BCUT2D eigenvalue weighted by Gasteiger charge is -2.23. The van der Waals surface area contributed by atoms with Gasteiger partial charge in [0.25, 0.3) is 5.91 Å². The zero-order valence-corrected chi connectivity index (χ0v) is 18.9. The van der Waals surface area contributed by atoms with E-state index in [0.29, 0.717) is 21.9 Å². The number of hydrogen-bond acceptors (Lipinski definition) is 4. The van der Waals surface area contributed by atoms with Gasteiger partial charge in [-0.25, -0.2) is 12.8 Å². The molecule has 0 saturated heterocycles. The number of carbonyl (C=O) groups excluding carboxylic acids is 1. The highest BCUT2D eigenvalue weighted by Crippen LogP contribution is 2.24. The molecule has 0 aliphatic carbocycles. The van der Waals surface area contributed by atoms with E-state index >= 15 is 0 Å². The van der Waals surface area contributed by atoms with Gasteiger partial charge in [0, 0.05) is 5.56 Å². The van der Waals surface area contributed by atoms with Crippen LogP contribution in [-0.4, -0.2) is 33.7 Å². The van der Waals surface area contributed by atoms with Crippen molar-refractivity contribution >= 4 is 33.2 Å². The number of hydrogen-bond donors (Lipinski definition) is 1. The van der Waals surface area contributed by atoms with Crippen molar-refractivity contribution in [3.63, 3.8) is 0 Å². The van der Waals surface area contributed by atoms with Gasteiger partial charge in [-0.1, -0.05) is 48.0 Å². The van der Waals surface area contributed by atoms with Crippen LogP contribution in [0.15, 0.2) is 72.8 Å². The molecule has 0 atom stereocenters. The Hall–Kier alpha value is -3.10. The Kier molecular flexibility index (Phi) is 7.71. The summed E-state index contributed by atoms with van der Waals surface area (Å²) < 4.78 is 45.1. The molecule has 32 heavy (non-hydrogen) atoms. The molecule has 0 radical (unpaired) electrons. The highest BCUT2D eigenvalue weighted by Gasteiger charge is 2.21. The number of amides is 1. The Balaban J connectivity index is 1.59. The fraction of sp³-hybridized carbons (Fsp3) is 0.174. The van der Waals surface area contributed by atoms with E-state index in [9.17, 15) is 17.6 Å². The van der Waals surface area contributed by atoms with Crippen molar-refractivity contribution < 1.29 is 22.3 Å².